The van der Waals surface area contributed by atoms with E-state index in [9.17, 15) is 9.18 Å². The summed E-state index contributed by atoms with van der Waals surface area (Å²) in [6, 6.07) is 14.7. The molecule has 6 heteroatoms. The number of benzene rings is 2. The summed E-state index contributed by atoms with van der Waals surface area (Å²) in [6.45, 7) is 6.30. The summed E-state index contributed by atoms with van der Waals surface area (Å²) in [4.78, 5) is 15.1. The van der Waals surface area contributed by atoms with Crippen molar-refractivity contribution in [3.63, 3.8) is 0 Å². The van der Waals surface area contributed by atoms with Gasteiger partial charge in [-0.15, -0.1) is 0 Å². The van der Waals surface area contributed by atoms with Crippen molar-refractivity contribution < 1.29 is 23.7 Å². The number of carbonyl (C=O) groups is 1. The van der Waals surface area contributed by atoms with Gasteiger partial charge in [0.2, 0.25) is 0 Å². The molecule has 3 rings (SSSR count). The van der Waals surface area contributed by atoms with Crippen molar-refractivity contribution >= 4 is 5.91 Å². The van der Waals surface area contributed by atoms with Gasteiger partial charge in [-0.25, -0.2) is 4.39 Å². The number of halogens is 1. The lowest BCUT2D eigenvalue weighted by molar-refractivity contribution is -1.02. The van der Waals surface area contributed by atoms with Crippen LogP contribution < -0.4 is 19.9 Å². The zero-order chi connectivity index (χ0) is 19.8. The Labute approximate surface area is 166 Å². The van der Waals surface area contributed by atoms with Crippen molar-refractivity contribution in [3.05, 3.63) is 65.5 Å². The van der Waals surface area contributed by atoms with E-state index in [0.29, 0.717) is 13.1 Å². The molecule has 0 saturated carbocycles. The van der Waals surface area contributed by atoms with Crippen LogP contribution in [0.2, 0.25) is 0 Å². The van der Waals surface area contributed by atoms with Crippen molar-refractivity contribution in [1.29, 1.82) is 0 Å². The van der Waals surface area contributed by atoms with Gasteiger partial charge in [-0.05, 0) is 48.4 Å². The number of nitrogens with one attached hydrogen (secondary N) is 3. The second kappa shape index (κ2) is 10.2. The molecule has 0 radical (unpaired) electrons. The summed E-state index contributed by atoms with van der Waals surface area (Å²) in [5, 5.41) is 2.98. The van der Waals surface area contributed by atoms with Crippen molar-refractivity contribution in [3.8, 4) is 5.75 Å². The molecule has 2 aromatic carbocycles. The highest BCUT2D eigenvalue weighted by Gasteiger charge is 2.24. The molecule has 0 atom stereocenters. The van der Waals surface area contributed by atoms with Crippen molar-refractivity contribution in [2.24, 2.45) is 0 Å². The Morgan fingerprint density at radius 1 is 0.964 bits per heavy atom. The van der Waals surface area contributed by atoms with Gasteiger partial charge < -0.3 is 19.9 Å². The maximum Gasteiger partial charge on any atom is 0.275 e. The molecule has 0 aromatic heterocycles. The van der Waals surface area contributed by atoms with Gasteiger partial charge in [-0.2, -0.15) is 0 Å². The van der Waals surface area contributed by atoms with Crippen molar-refractivity contribution in [1.82, 2.24) is 5.32 Å². The van der Waals surface area contributed by atoms with Crippen LogP contribution in [-0.4, -0.2) is 52.3 Å². The standard InChI is InChI=1S/C22H28FN3O2/c1-28-21-8-4-19(5-9-21)16-25-12-14-26(15-13-25)17-22(27)24-11-10-18-2-6-20(23)7-3-18/h2-9H,10-17H2,1H3,(H,24,27)/p+2. The second-order valence-electron chi connectivity index (χ2n) is 7.43. The molecule has 28 heavy (non-hydrogen) atoms. The fraction of sp³-hybridized carbons (Fsp3) is 0.409. The molecule has 0 spiro atoms. The zero-order valence-electron chi connectivity index (χ0n) is 16.5. The third-order valence-electron chi connectivity index (χ3n) is 5.34. The van der Waals surface area contributed by atoms with Crippen LogP contribution in [0.4, 0.5) is 4.39 Å². The molecule has 0 bridgehead atoms. The van der Waals surface area contributed by atoms with E-state index >= 15 is 0 Å². The van der Waals surface area contributed by atoms with Gasteiger partial charge in [-0.1, -0.05) is 12.1 Å². The first kappa shape index (κ1) is 20.3. The first-order chi connectivity index (χ1) is 13.6. The maximum atomic E-state index is 12.9. The number of carbonyl (C=O) groups excluding carboxylic acids is 1. The Hall–Kier alpha value is -2.44. The molecule has 0 unspecified atom stereocenters. The molecule has 0 aliphatic carbocycles. The highest BCUT2D eigenvalue weighted by atomic mass is 19.1. The van der Waals surface area contributed by atoms with E-state index in [1.54, 1.807) is 24.1 Å². The molecule has 1 amide bonds. The average Bonchev–Trinajstić information content (AvgIpc) is 2.71. The lowest BCUT2D eigenvalue weighted by Crippen LogP contribution is -3.28. The Morgan fingerprint density at radius 2 is 1.57 bits per heavy atom. The van der Waals surface area contributed by atoms with Gasteiger partial charge in [-0.3, -0.25) is 4.79 Å². The van der Waals surface area contributed by atoms with Crippen LogP contribution in [0.3, 0.4) is 0 Å². The topological polar surface area (TPSA) is 47.2 Å². The van der Waals surface area contributed by atoms with Gasteiger partial charge in [0.15, 0.2) is 6.54 Å². The Morgan fingerprint density at radius 3 is 2.21 bits per heavy atom. The summed E-state index contributed by atoms with van der Waals surface area (Å²) in [5.74, 6) is 0.749. The Kier molecular flexibility index (Phi) is 7.39. The molecular formula is C22H30FN3O2+2. The van der Waals surface area contributed by atoms with Crippen LogP contribution in [0.15, 0.2) is 48.5 Å². The van der Waals surface area contributed by atoms with E-state index in [-0.39, 0.29) is 11.7 Å². The molecule has 1 aliphatic rings. The van der Waals surface area contributed by atoms with E-state index in [1.807, 2.05) is 12.1 Å². The SMILES string of the molecule is COc1ccc(C[NH+]2CC[NH+](CC(=O)NCCc3ccc(F)cc3)CC2)cc1. The van der Waals surface area contributed by atoms with E-state index < -0.39 is 0 Å². The van der Waals surface area contributed by atoms with Crippen LogP contribution in [-0.2, 0) is 17.8 Å². The monoisotopic (exact) mass is 387 g/mol. The van der Waals surface area contributed by atoms with Gasteiger partial charge >= 0.3 is 0 Å². The van der Waals surface area contributed by atoms with Gasteiger partial charge in [0, 0.05) is 12.1 Å². The molecule has 1 fully saturated rings. The fourth-order valence-corrected chi connectivity index (χ4v) is 3.63. The predicted octanol–water partition coefficient (Wildman–Crippen LogP) is -0.523. The third kappa shape index (κ3) is 6.32. The lowest BCUT2D eigenvalue weighted by Gasteiger charge is -2.29. The van der Waals surface area contributed by atoms with Crippen LogP contribution >= 0.6 is 0 Å². The fourth-order valence-electron chi connectivity index (χ4n) is 3.63. The van der Waals surface area contributed by atoms with Crippen LogP contribution in [0.5, 0.6) is 5.75 Å². The number of methoxy groups -OCH3 is 1. The molecule has 2 aromatic rings. The summed E-state index contributed by atoms with van der Waals surface area (Å²) in [5.41, 5.74) is 2.35. The van der Waals surface area contributed by atoms with E-state index in [4.69, 9.17) is 4.74 Å². The molecule has 1 aliphatic heterocycles. The first-order valence-electron chi connectivity index (χ1n) is 9.93. The minimum Gasteiger partial charge on any atom is -0.497 e. The van der Waals surface area contributed by atoms with Crippen molar-refractivity contribution in [2.45, 2.75) is 13.0 Å². The number of ether oxygens (including phenoxy) is 1. The maximum absolute atomic E-state index is 12.9. The van der Waals surface area contributed by atoms with E-state index in [1.165, 1.54) is 22.6 Å². The normalized spacial score (nSPS) is 19.2. The predicted molar refractivity (Wildman–Crippen MR) is 106 cm³/mol. The molecule has 150 valence electrons. The number of rotatable bonds is 8. The quantitative estimate of drug-likeness (QED) is 0.571. The first-order valence-corrected chi connectivity index (χ1v) is 9.93. The van der Waals surface area contributed by atoms with E-state index in [2.05, 4.69) is 17.4 Å². The molecule has 3 N–H and O–H groups in total. The minimum atomic E-state index is -0.232. The molecule has 1 heterocycles. The number of hydrogen-bond acceptors (Lipinski definition) is 2. The summed E-state index contributed by atoms with van der Waals surface area (Å²) in [7, 11) is 1.68. The van der Waals surface area contributed by atoms with Crippen LogP contribution in [0.25, 0.3) is 0 Å². The Bertz CT molecular complexity index is 741. The average molecular weight is 387 g/mol. The highest BCUT2D eigenvalue weighted by molar-refractivity contribution is 5.76. The highest BCUT2D eigenvalue weighted by Crippen LogP contribution is 2.10. The Balaban J connectivity index is 1.33. The second-order valence-corrected chi connectivity index (χ2v) is 7.43. The van der Waals surface area contributed by atoms with Crippen LogP contribution in [0, 0.1) is 5.82 Å². The number of amides is 1. The number of piperazine rings is 1. The van der Waals surface area contributed by atoms with Gasteiger partial charge in [0.25, 0.3) is 5.91 Å². The van der Waals surface area contributed by atoms with Gasteiger partial charge in [0.1, 0.15) is 44.3 Å². The number of hydrogen-bond donors (Lipinski definition) is 3. The third-order valence-corrected chi connectivity index (χ3v) is 5.34. The largest absolute Gasteiger partial charge is 0.497 e. The molecule has 1 saturated heterocycles. The van der Waals surface area contributed by atoms with Gasteiger partial charge in [0.05, 0.1) is 7.11 Å². The van der Waals surface area contributed by atoms with E-state index in [0.717, 1.165) is 50.5 Å². The number of quaternary nitrogens is 2. The smallest absolute Gasteiger partial charge is 0.275 e. The van der Waals surface area contributed by atoms with Crippen molar-refractivity contribution in [2.75, 3.05) is 46.4 Å². The minimum absolute atomic E-state index is 0.0933. The zero-order valence-corrected chi connectivity index (χ0v) is 16.5. The summed E-state index contributed by atoms with van der Waals surface area (Å²) < 4.78 is 18.1. The summed E-state index contributed by atoms with van der Waals surface area (Å²) in [6.07, 6.45) is 0.723. The molecule has 5 nitrogen and oxygen atoms in total. The molecular weight excluding hydrogens is 357 g/mol. The van der Waals surface area contributed by atoms with Crippen LogP contribution in [0.1, 0.15) is 11.1 Å². The lowest BCUT2D eigenvalue weighted by atomic mass is 10.1. The summed E-state index contributed by atoms with van der Waals surface area (Å²) >= 11 is 0.